The van der Waals surface area contributed by atoms with Gasteiger partial charge in [0, 0.05) is 19.0 Å². The van der Waals surface area contributed by atoms with Crippen LogP contribution in [-0.2, 0) is 9.59 Å². The van der Waals surface area contributed by atoms with Crippen LogP contribution in [-0.4, -0.2) is 30.4 Å². The van der Waals surface area contributed by atoms with Gasteiger partial charge in [0.25, 0.3) is 0 Å². The van der Waals surface area contributed by atoms with E-state index in [0.29, 0.717) is 19.0 Å². The number of nitrogens with two attached hydrogens (primary N) is 1. The van der Waals surface area contributed by atoms with Crippen LogP contribution in [0.3, 0.4) is 0 Å². The average molecular weight is 227 g/mol. The first-order chi connectivity index (χ1) is 7.50. The van der Waals surface area contributed by atoms with Gasteiger partial charge in [0.1, 0.15) is 0 Å². The predicted octanol–water partition coefficient (Wildman–Crippen LogP) is -0.245. The van der Waals surface area contributed by atoms with Gasteiger partial charge in [-0.1, -0.05) is 13.8 Å². The van der Waals surface area contributed by atoms with Gasteiger partial charge in [-0.15, -0.1) is 0 Å². The maximum Gasteiger partial charge on any atom is 0.237 e. The first-order valence-corrected chi connectivity index (χ1v) is 5.83. The second-order valence-corrected chi connectivity index (χ2v) is 4.65. The third kappa shape index (κ3) is 4.61. The molecular weight excluding hydrogens is 206 g/mol. The molecule has 0 saturated heterocycles. The van der Waals surface area contributed by atoms with Gasteiger partial charge in [0.2, 0.25) is 11.8 Å². The molecule has 0 bridgehead atoms. The summed E-state index contributed by atoms with van der Waals surface area (Å²) in [6.45, 7) is 4.14. The Morgan fingerprint density at radius 2 is 2.00 bits per heavy atom. The summed E-state index contributed by atoms with van der Waals surface area (Å²) in [4.78, 5) is 22.7. The van der Waals surface area contributed by atoms with E-state index in [1.165, 1.54) is 0 Å². The molecule has 92 valence electrons. The molecule has 0 heterocycles. The monoisotopic (exact) mass is 227 g/mol. The zero-order chi connectivity index (χ0) is 12.1. The third-order valence-electron chi connectivity index (χ3n) is 2.61. The molecule has 1 aliphatic carbocycles. The highest BCUT2D eigenvalue weighted by Gasteiger charge is 2.23. The van der Waals surface area contributed by atoms with E-state index >= 15 is 0 Å². The quantitative estimate of drug-likeness (QED) is 0.585. The predicted molar refractivity (Wildman–Crippen MR) is 61.6 cm³/mol. The molecule has 0 aromatic rings. The number of rotatable bonds is 6. The van der Waals surface area contributed by atoms with Crippen LogP contribution in [0.4, 0.5) is 0 Å². The van der Waals surface area contributed by atoms with E-state index in [2.05, 4.69) is 10.6 Å². The van der Waals surface area contributed by atoms with E-state index in [4.69, 9.17) is 5.73 Å². The van der Waals surface area contributed by atoms with Crippen LogP contribution < -0.4 is 16.4 Å². The van der Waals surface area contributed by atoms with Crippen LogP contribution in [0.25, 0.3) is 0 Å². The number of carbonyl (C=O) groups is 2. The van der Waals surface area contributed by atoms with Crippen molar-refractivity contribution < 1.29 is 9.59 Å². The number of hydrogen-bond acceptors (Lipinski definition) is 3. The van der Waals surface area contributed by atoms with Crippen molar-refractivity contribution in [2.45, 2.75) is 45.2 Å². The maximum absolute atomic E-state index is 11.4. The molecular formula is C11H21N3O2. The molecule has 5 nitrogen and oxygen atoms in total. The van der Waals surface area contributed by atoms with Crippen LogP contribution in [0.2, 0.25) is 0 Å². The molecule has 16 heavy (non-hydrogen) atoms. The number of amides is 2. The minimum Gasteiger partial charge on any atom is -0.354 e. The standard InChI is InChI=1S/C11H21N3O2/c1-7(2)10(12)11(16)13-6-5-9(15)14-8-3-4-8/h7-8,10H,3-6,12H2,1-2H3,(H,13,16)(H,14,15)/t10-/m0/s1. The van der Waals surface area contributed by atoms with Crippen molar-refractivity contribution in [1.29, 1.82) is 0 Å². The molecule has 5 heteroatoms. The zero-order valence-corrected chi connectivity index (χ0v) is 9.95. The summed E-state index contributed by atoms with van der Waals surface area (Å²) in [6, 6.07) is -0.118. The van der Waals surface area contributed by atoms with Crippen LogP contribution in [0.15, 0.2) is 0 Å². The van der Waals surface area contributed by atoms with Gasteiger partial charge in [-0.3, -0.25) is 9.59 Å². The Bertz CT molecular complexity index is 262. The van der Waals surface area contributed by atoms with E-state index in [1.807, 2.05) is 13.8 Å². The topological polar surface area (TPSA) is 84.2 Å². The lowest BCUT2D eigenvalue weighted by Crippen LogP contribution is -2.44. The molecule has 0 aromatic heterocycles. The lowest BCUT2D eigenvalue weighted by molar-refractivity contribution is -0.123. The first-order valence-electron chi connectivity index (χ1n) is 5.83. The van der Waals surface area contributed by atoms with E-state index in [-0.39, 0.29) is 17.7 Å². The Morgan fingerprint density at radius 3 is 2.50 bits per heavy atom. The van der Waals surface area contributed by atoms with Crippen molar-refractivity contribution in [2.75, 3.05) is 6.54 Å². The third-order valence-corrected chi connectivity index (χ3v) is 2.61. The fourth-order valence-electron chi connectivity index (χ4n) is 1.25. The summed E-state index contributed by atoms with van der Waals surface area (Å²) >= 11 is 0. The Labute approximate surface area is 96.1 Å². The lowest BCUT2D eigenvalue weighted by Gasteiger charge is -2.15. The number of hydrogen-bond donors (Lipinski definition) is 3. The maximum atomic E-state index is 11.4. The van der Waals surface area contributed by atoms with E-state index in [0.717, 1.165) is 12.8 Å². The fourth-order valence-corrected chi connectivity index (χ4v) is 1.25. The average Bonchev–Trinajstić information content (AvgIpc) is 3.00. The van der Waals surface area contributed by atoms with Gasteiger partial charge in [0.05, 0.1) is 6.04 Å². The Balaban J connectivity index is 2.09. The van der Waals surface area contributed by atoms with Gasteiger partial charge < -0.3 is 16.4 Å². The van der Waals surface area contributed by atoms with Crippen molar-refractivity contribution in [3.05, 3.63) is 0 Å². The summed E-state index contributed by atoms with van der Waals surface area (Å²) in [5, 5.41) is 5.52. The Morgan fingerprint density at radius 1 is 1.38 bits per heavy atom. The smallest absolute Gasteiger partial charge is 0.237 e. The first kappa shape index (κ1) is 13.0. The minimum absolute atomic E-state index is 0.000850. The largest absolute Gasteiger partial charge is 0.354 e. The second kappa shape index (κ2) is 5.84. The van der Waals surface area contributed by atoms with Gasteiger partial charge >= 0.3 is 0 Å². The van der Waals surface area contributed by atoms with Gasteiger partial charge in [0.15, 0.2) is 0 Å². The number of carbonyl (C=O) groups excluding carboxylic acids is 2. The van der Waals surface area contributed by atoms with Gasteiger partial charge in [-0.2, -0.15) is 0 Å². The highest BCUT2D eigenvalue weighted by Crippen LogP contribution is 2.18. The van der Waals surface area contributed by atoms with E-state index in [1.54, 1.807) is 0 Å². The Kier molecular flexibility index (Phi) is 4.73. The molecule has 0 unspecified atom stereocenters. The van der Waals surface area contributed by atoms with Crippen molar-refractivity contribution in [2.24, 2.45) is 11.7 Å². The van der Waals surface area contributed by atoms with Crippen LogP contribution in [0, 0.1) is 5.92 Å². The Hall–Kier alpha value is -1.10. The van der Waals surface area contributed by atoms with Gasteiger partial charge in [-0.25, -0.2) is 0 Å². The molecule has 1 atom stereocenters. The normalized spacial score (nSPS) is 17.0. The summed E-state index contributed by atoms with van der Waals surface area (Å²) in [7, 11) is 0. The molecule has 4 N–H and O–H groups in total. The van der Waals surface area contributed by atoms with Crippen molar-refractivity contribution >= 4 is 11.8 Å². The summed E-state index contributed by atoms with van der Waals surface area (Å²) in [6.07, 6.45) is 2.49. The summed E-state index contributed by atoms with van der Waals surface area (Å²) < 4.78 is 0. The van der Waals surface area contributed by atoms with E-state index in [9.17, 15) is 9.59 Å². The fraction of sp³-hybridized carbons (Fsp3) is 0.818. The molecule has 0 radical (unpaired) electrons. The second-order valence-electron chi connectivity index (χ2n) is 4.65. The van der Waals surface area contributed by atoms with Crippen molar-refractivity contribution in [3.8, 4) is 0 Å². The molecule has 2 amide bonds. The molecule has 0 aliphatic heterocycles. The molecule has 1 fully saturated rings. The summed E-state index contributed by atoms with van der Waals surface area (Å²) in [5.41, 5.74) is 5.66. The van der Waals surface area contributed by atoms with Crippen LogP contribution in [0.1, 0.15) is 33.1 Å². The van der Waals surface area contributed by atoms with Crippen LogP contribution in [0.5, 0.6) is 0 Å². The molecule has 0 aromatic carbocycles. The van der Waals surface area contributed by atoms with Crippen molar-refractivity contribution in [3.63, 3.8) is 0 Å². The molecule has 0 spiro atoms. The minimum atomic E-state index is -0.494. The molecule has 1 rings (SSSR count). The highest BCUT2D eigenvalue weighted by molar-refractivity contribution is 5.82. The zero-order valence-electron chi connectivity index (χ0n) is 9.95. The van der Waals surface area contributed by atoms with E-state index < -0.39 is 6.04 Å². The highest BCUT2D eigenvalue weighted by atomic mass is 16.2. The lowest BCUT2D eigenvalue weighted by atomic mass is 10.1. The van der Waals surface area contributed by atoms with Crippen LogP contribution >= 0.6 is 0 Å². The molecule has 1 saturated carbocycles. The van der Waals surface area contributed by atoms with Gasteiger partial charge in [-0.05, 0) is 18.8 Å². The SMILES string of the molecule is CC(C)[C@H](N)C(=O)NCCC(=O)NC1CC1. The number of nitrogens with one attached hydrogen (secondary N) is 2. The van der Waals surface area contributed by atoms with Crippen molar-refractivity contribution in [1.82, 2.24) is 10.6 Å². The summed E-state index contributed by atoms with van der Waals surface area (Å²) in [5.74, 6) is -0.0737. The molecule has 1 aliphatic rings.